The highest BCUT2D eigenvalue weighted by molar-refractivity contribution is 9.10. The number of aryl methyl sites for hydroxylation is 1. The lowest BCUT2D eigenvalue weighted by molar-refractivity contribution is 0.504. The van der Waals surface area contributed by atoms with Crippen molar-refractivity contribution in [2.45, 2.75) is 11.8 Å². The Hall–Kier alpha value is -1.47. The Bertz CT molecular complexity index is 763. The van der Waals surface area contributed by atoms with Crippen molar-refractivity contribution in [1.29, 1.82) is 0 Å². The zero-order chi connectivity index (χ0) is 14.9. The summed E-state index contributed by atoms with van der Waals surface area (Å²) >= 11 is 3.27. The molecule has 3 nitrogen and oxygen atoms in total. The van der Waals surface area contributed by atoms with Crippen LogP contribution in [0.4, 0.5) is 14.5 Å². The maximum Gasteiger partial charge on any atom is 0.262 e. The molecule has 20 heavy (non-hydrogen) atoms. The highest BCUT2D eigenvalue weighted by Gasteiger charge is 2.18. The van der Waals surface area contributed by atoms with Crippen LogP contribution in [0.15, 0.2) is 45.8 Å². The van der Waals surface area contributed by atoms with Gasteiger partial charge in [0.25, 0.3) is 10.0 Å². The first kappa shape index (κ1) is 14.9. The van der Waals surface area contributed by atoms with E-state index in [1.807, 2.05) is 0 Å². The normalized spacial score (nSPS) is 11.4. The summed E-state index contributed by atoms with van der Waals surface area (Å²) in [7, 11) is -3.98. The van der Waals surface area contributed by atoms with Crippen LogP contribution in [0.2, 0.25) is 0 Å². The molecule has 2 aromatic carbocycles. The molecule has 0 heterocycles. The Morgan fingerprint density at radius 3 is 2.45 bits per heavy atom. The summed E-state index contributed by atoms with van der Waals surface area (Å²) in [5.74, 6) is -2.31. The highest BCUT2D eigenvalue weighted by atomic mass is 79.9. The fourth-order valence-corrected chi connectivity index (χ4v) is 3.15. The molecule has 106 valence electrons. The Labute approximate surface area is 123 Å². The molecular formula is C13H10BrF2NO2S. The molecule has 0 aliphatic heterocycles. The maximum atomic E-state index is 13.1. The Morgan fingerprint density at radius 1 is 1.10 bits per heavy atom. The van der Waals surface area contributed by atoms with Gasteiger partial charge in [-0.05, 0) is 52.7 Å². The summed E-state index contributed by atoms with van der Waals surface area (Å²) in [6.45, 7) is 1.81. The van der Waals surface area contributed by atoms with Gasteiger partial charge in [-0.15, -0.1) is 0 Å². The van der Waals surface area contributed by atoms with Crippen molar-refractivity contribution in [3.8, 4) is 0 Å². The topological polar surface area (TPSA) is 46.2 Å². The number of anilines is 1. The molecule has 1 N–H and O–H groups in total. The zero-order valence-corrected chi connectivity index (χ0v) is 12.7. The van der Waals surface area contributed by atoms with E-state index >= 15 is 0 Å². The standard InChI is InChI=1S/C13H10BrF2NO2S/c1-8-3-2-4-12(13(8)14)17-20(18,19)9-5-6-10(15)11(16)7-9/h2-7,17H,1H3. The van der Waals surface area contributed by atoms with Gasteiger partial charge in [0, 0.05) is 4.47 Å². The third-order valence-electron chi connectivity index (χ3n) is 2.64. The molecule has 0 spiro atoms. The van der Waals surface area contributed by atoms with Gasteiger partial charge in [0.2, 0.25) is 0 Å². The van der Waals surface area contributed by atoms with E-state index in [0.29, 0.717) is 16.2 Å². The van der Waals surface area contributed by atoms with Gasteiger partial charge < -0.3 is 0 Å². The monoisotopic (exact) mass is 361 g/mol. The SMILES string of the molecule is Cc1cccc(NS(=O)(=O)c2ccc(F)c(F)c2)c1Br. The molecule has 0 aliphatic carbocycles. The Balaban J connectivity index is 2.41. The largest absolute Gasteiger partial charge is 0.278 e. The van der Waals surface area contributed by atoms with Crippen molar-refractivity contribution in [1.82, 2.24) is 0 Å². The first-order valence-corrected chi connectivity index (χ1v) is 7.82. The average Bonchev–Trinajstić information content (AvgIpc) is 2.38. The van der Waals surface area contributed by atoms with Crippen molar-refractivity contribution in [3.05, 3.63) is 58.1 Å². The van der Waals surface area contributed by atoms with Crippen LogP contribution in [0.3, 0.4) is 0 Å². The quantitative estimate of drug-likeness (QED) is 0.902. The number of halogens is 3. The molecule has 2 rings (SSSR count). The number of benzene rings is 2. The molecule has 0 amide bonds. The van der Waals surface area contributed by atoms with Crippen molar-refractivity contribution in [2.24, 2.45) is 0 Å². The Kier molecular flexibility index (Phi) is 4.10. The number of rotatable bonds is 3. The van der Waals surface area contributed by atoms with Gasteiger partial charge >= 0.3 is 0 Å². The third-order valence-corrected chi connectivity index (χ3v) is 5.05. The molecule has 0 aromatic heterocycles. The third kappa shape index (κ3) is 2.99. The van der Waals surface area contributed by atoms with Crippen molar-refractivity contribution >= 4 is 31.6 Å². The van der Waals surface area contributed by atoms with Crippen molar-refractivity contribution < 1.29 is 17.2 Å². The molecule has 0 atom stereocenters. The Morgan fingerprint density at radius 2 is 1.80 bits per heavy atom. The molecular weight excluding hydrogens is 352 g/mol. The van der Waals surface area contributed by atoms with Gasteiger partial charge in [0.1, 0.15) is 0 Å². The van der Waals surface area contributed by atoms with Crippen LogP contribution in [0.1, 0.15) is 5.56 Å². The number of hydrogen-bond donors (Lipinski definition) is 1. The molecule has 0 saturated carbocycles. The van der Waals surface area contributed by atoms with Crippen LogP contribution >= 0.6 is 15.9 Å². The van der Waals surface area contributed by atoms with Gasteiger partial charge in [-0.2, -0.15) is 0 Å². The van der Waals surface area contributed by atoms with E-state index in [1.54, 1.807) is 25.1 Å². The second kappa shape index (κ2) is 5.49. The fourth-order valence-electron chi connectivity index (χ4n) is 1.57. The van der Waals surface area contributed by atoms with Gasteiger partial charge in [0.15, 0.2) is 11.6 Å². The minimum Gasteiger partial charge on any atom is -0.278 e. The molecule has 0 aliphatic rings. The highest BCUT2D eigenvalue weighted by Crippen LogP contribution is 2.28. The minimum atomic E-state index is -3.98. The molecule has 0 bridgehead atoms. The summed E-state index contributed by atoms with van der Waals surface area (Å²) in [6.07, 6.45) is 0. The van der Waals surface area contributed by atoms with Gasteiger partial charge in [-0.1, -0.05) is 12.1 Å². The summed E-state index contributed by atoms with van der Waals surface area (Å²) in [4.78, 5) is -0.343. The number of nitrogens with one attached hydrogen (secondary N) is 1. The molecule has 0 saturated heterocycles. The summed E-state index contributed by atoms with van der Waals surface area (Å²) in [6, 6.07) is 7.47. The number of hydrogen-bond acceptors (Lipinski definition) is 2. The molecule has 2 aromatic rings. The van der Waals surface area contributed by atoms with Crippen LogP contribution in [-0.2, 0) is 10.0 Å². The van der Waals surface area contributed by atoms with E-state index in [-0.39, 0.29) is 4.90 Å². The lowest BCUT2D eigenvalue weighted by atomic mass is 10.2. The summed E-state index contributed by atoms with van der Waals surface area (Å²) in [5.41, 5.74) is 1.17. The molecule has 0 unspecified atom stereocenters. The van der Waals surface area contributed by atoms with Crippen LogP contribution < -0.4 is 4.72 Å². The first-order valence-electron chi connectivity index (χ1n) is 5.54. The summed E-state index contributed by atoms with van der Waals surface area (Å²) in [5, 5.41) is 0. The van der Waals surface area contributed by atoms with Crippen LogP contribution in [0.25, 0.3) is 0 Å². The van der Waals surface area contributed by atoms with E-state index < -0.39 is 21.7 Å². The first-order chi connectivity index (χ1) is 9.31. The van der Waals surface area contributed by atoms with Gasteiger partial charge in [-0.3, -0.25) is 4.72 Å². The maximum absolute atomic E-state index is 13.1. The average molecular weight is 362 g/mol. The van der Waals surface area contributed by atoms with Gasteiger partial charge in [0.05, 0.1) is 10.6 Å². The van der Waals surface area contributed by atoms with Crippen LogP contribution in [-0.4, -0.2) is 8.42 Å². The predicted molar refractivity (Wildman–Crippen MR) is 76.0 cm³/mol. The second-order valence-corrected chi connectivity index (χ2v) is 6.59. The molecule has 0 fully saturated rings. The zero-order valence-electron chi connectivity index (χ0n) is 10.3. The van der Waals surface area contributed by atoms with Gasteiger partial charge in [-0.25, -0.2) is 17.2 Å². The molecule has 0 radical (unpaired) electrons. The lowest BCUT2D eigenvalue weighted by Gasteiger charge is -2.11. The van der Waals surface area contributed by atoms with Crippen molar-refractivity contribution in [3.63, 3.8) is 0 Å². The minimum absolute atomic E-state index is 0.328. The summed E-state index contributed by atoms with van der Waals surface area (Å²) < 4.78 is 53.1. The van der Waals surface area contributed by atoms with E-state index in [9.17, 15) is 17.2 Å². The van der Waals surface area contributed by atoms with E-state index in [0.717, 1.165) is 17.7 Å². The fraction of sp³-hybridized carbons (Fsp3) is 0.0769. The van der Waals surface area contributed by atoms with E-state index in [1.165, 1.54) is 0 Å². The lowest BCUT2D eigenvalue weighted by Crippen LogP contribution is -2.14. The smallest absolute Gasteiger partial charge is 0.262 e. The van der Waals surface area contributed by atoms with Crippen LogP contribution in [0, 0.1) is 18.6 Å². The van der Waals surface area contributed by atoms with E-state index in [2.05, 4.69) is 20.7 Å². The van der Waals surface area contributed by atoms with E-state index in [4.69, 9.17) is 0 Å². The second-order valence-electron chi connectivity index (χ2n) is 4.12. The molecule has 7 heteroatoms. The predicted octanol–water partition coefficient (Wildman–Crippen LogP) is 3.84. The van der Waals surface area contributed by atoms with Crippen LogP contribution in [0.5, 0.6) is 0 Å². The van der Waals surface area contributed by atoms with Crippen molar-refractivity contribution in [2.75, 3.05) is 4.72 Å². The number of sulfonamides is 1.